The number of carbonyl (C=O) groups is 1. The van der Waals surface area contributed by atoms with Crippen LogP contribution >= 0.6 is 27.7 Å². The number of halogens is 1. The summed E-state index contributed by atoms with van der Waals surface area (Å²) in [4.78, 5) is 19.9. The first-order valence-electron chi connectivity index (χ1n) is 8.06. The van der Waals surface area contributed by atoms with E-state index in [-0.39, 0.29) is 5.91 Å². The SMILES string of the molecule is O=C(CSc1ccc(Br)cc1)NCc1ccc(N2CCCC2)nc1. The Balaban J connectivity index is 1.43. The molecule has 0 aliphatic carbocycles. The summed E-state index contributed by atoms with van der Waals surface area (Å²) in [6.07, 6.45) is 4.35. The van der Waals surface area contributed by atoms with Gasteiger partial charge in [-0.05, 0) is 48.7 Å². The molecule has 0 atom stereocenters. The zero-order chi connectivity index (χ0) is 16.8. The maximum atomic E-state index is 12.0. The lowest BCUT2D eigenvalue weighted by Gasteiger charge is -2.16. The van der Waals surface area contributed by atoms with E-state index in [2.05, 4.69) is 31.1 Å². The van der Waals surface area contributed by atoms with Crippen LogP contribution in [0.2, 0.25) is 0 Å². The molecule has 1 amide bonds. The van der Waals surface area contributed by atoms with Crippen LogP contribution in [0, 0.1) is 0 Å². The van der Waals surface area contributed by atoms with E-state index >= 15 is 0 Å². The van der Waals surface area contributed by atoms with E-state index in [1.165, 1.54) is 24.6 Å². The first-order chi connectivity index (χ1) is 11.7. The van der Waals surface area contributed by atoms with Crippen LogP contribution in [0.25, 0.3) is 0 Å². The number of carbonyl (C=O) groups excluding carboxylic acids is 1. The van der Waals surface area contributed by atoms with Gasteiger partial charge >= 0.3 is 0 Å². The summed E-state index contributed by atoms with van der Waals surface area (Å²) in [6.45, 7) is 2.71. The average molecular weight is 406 g/mol. The molecule has 126 valence electrons. The van der Waals surface area contributed by atoms with Gasteiger partial charge in [-0.2, -0.15) is 0 Å². The second-order valence-corrected chi connectivity index (χ2v) is 7.70. The molecule has 0 unspecified atom stereocenters. The van der Waals surface area contributed by atoms with Crippen LogP contribution < -0.4 is 10.2 Å². The van der Waals surface area contributed by atoms with Crippen molar-refractivity contribution < 1.29 is 4.79 Å². The smallest absolute Gasteiger partial charge is 0.230 e. The third-order valence-electron chi connectivity index (χ3n) is 3.91. The molecule has 2 aromatic rings. The molecule has 1 aromatic heterocycles. The predicted molar refractivity (Wildman–Crippen MR) is 102 cm³/mol. The number of thioether (sulfide) groups is 1. The summed E-state index contributed by atoms with van der Waals surface area (Å²) in [5, 5.41) is 2.95. The van der Waals surface area contributed by atoms with E-state index in [0.29, 0.717) is 12.3 Å². The molecule has 3 rings (SSSR count). The fourth-order valence-corrected chi connectivity index (χ4v) is 3.58. The van der Waals surface area contributed by atoms with Crippen LogP contribution in [0.4, 0.5) is 5.82 Å². The number of anilines is 1. The van der Waals surface area contributed by atoms with Crippen molar-refractivity contribution in [3.8, 4) is 0 Å². The maximum absolute atomic E-state index is 12.0. The predicted octanol–water partition coefficient (Wildman–Crippen LogP) is 3.85. The molecule has 1 saturated heterocycles. The second-order valence-electron chi connectivity index (χ2n) is 5.74. The highest BCUT2D eigenvalue weighted by molar-refractivity contribution is 9.10. The lowest BCUT2D eigenvalue weighted by Crippen LogP contribution is -2.24. The normalized spacial score (nSPS) is 14.0. The summed E-state index contributed by atoms with van der Waals surface area (Å²) in [6, 6.07) is 12.1. The Bertz CT molecular complexity index is 670. The molecule has 1 aromatic carbocycles. The third kappa shape index (κ3) is 4.98. The number of hydrogen-bond donors (Lipinski definition) is 1. The number of rotatable bonds is 6. The minimum atomic E-state index is 0.0338. The van der Waals surface area contributed by atoms with Gasteiger partial charge in [0.1, 0.15) is 5.82 Å². The van der Waals surface area contributed by atoms with Gasteiger partial charge in [0, 0.05) is 35.2 Å². The van der Waals surface area contributed by atoms with Crippen molar-refractivity contribution in [2.24, 2.45) is 0 Å². The van der Waals surface area contributed by atoms with Crippen molar-refractivity contribution in [2.75, 3.05) is 23.7 Å². The lowest BCUT2D eigenvalue weighted by atomic mass is 10.2. The number of pyridine rings is 1. The average Bonchev–Trinajstić information content (AvgIpc) is 3.14. The minimum Gasteiger partial charge on any atom is -0.357 e. The van der Waals surface area contributed by atoms with Gasteiger partial charge in [-0.25, -0.2) is 4.98 Å². The van der Waals surface area contributed by atoms with E-state index in [4.69, 9.17) is 0 Å². The van der Waals surface area contributed by atoms with Gasteiger partial charge < -0.3 is 10.2 Å². The highest BCUT2D eigenvalue weighted by Crippen LogP contribution is 2.20. The Kier molecular flexibility index (Phi) is 6.15. The van der Waals surface area contributed by atoms with Gasteiger partial charge in [0.15, 0.2) is 0 Å². The van der Waals surface area contributed by atoms with E-state index in [0.717, 1.165) is 33.8 Å². The maximum Gasteiger partial charge on any atom is 0.230 e. The van der Waals surface area contributed by atoms with E-state index in [9.17, 15) is 4.79 Å². The van der Waals surface area contributed by atoms with Crippen LogP contribution in [0.15, 0.2) is 52.0 Å². The van der Waals surface area contributed by atoms with E-state index in [1.807, 2.05) is 42.6 Å². The largest absolute Gasteiger partial charge is 0.357 e. The summed E-state index contributed by atoms with van der Waals surface area (Å²) >= 11 is 4.94. The fraction of sp³-hybridized carbons (Fsp3) is 0.333. The number of aromatic nitrogens is 1. The topological polar surface area (TPSA) is 45.2 Å². The van der Waals surface area contributed by atoms with E-state index in [1.54, 1.807) is 0 Å². The van der Waals surface area contributed by atoms with Crippen molar-refractivity contribution >= 4 is 39.4 Å². The van der Waals surface area contributed by atoms with Gasteiger partial charge in [-0.1, -0.05) is 22.0 Å². The molecule has 1 aliphatic heterocycles. The molecule has 6 heteroatoms. The molecule has 1 N–H and O–H groups in total. The Morgan fingerprint density at radius 3 is 2.58 bits per heavy atom. The Labute approximate surface area is 155 Å². The van der Waals surface area contributed by atoms with Crippen molar-refractivity contribution in [3.05, 3.63) is 52.6 Å². The van der Waals surface area contributed by atoms with Crippen LogP contribution in [0.3, 0.4) is 0 Å². The molecule has 24 heavy (non-hydrogen) atoms. The molecule has 4 nitrogen and oxygen atoms in total. The number of benzene rings is 1. The lowest BCUT2D eigenvalue weighted by molar-refractivity contribution is -0.118. The zero-order valence-corrected chi connectivity index (χ0v) is 15.8. The molecule has 0 spiro atoms. The number of nitrogens with zero attached hydrogens (tertiary/aromatic N) is 2. The highest BCUT2D eigenvalue weighted by atomic mass is 79.9. The van der Waals surface area contributed by atoms with Crippen LogP contribution in [-0.2, 0) is 11.3 Å². The molecular weight excluding hydrogens is 386 g/mol. The van der Waals surface area contributed by atoms with Gasteiger partial charge in [0.05, 0.1) is 5.75 Å². The van der Waals surface area contributed by atoms with Crippen LogP contribution in [0.1, 0.15) is 18.4 Å². The van der Waals surface area contributed by atoms with Gasteiger partial charge in [-0.3, -0.25) is 4.79 Å². The minimum absolute atomic E-state index is 0.0338. The van der Waals surface area contributed by atoms with Gasteiger partial charge in [0.2, 0.25) is 5.91 Å². The number of amides is 1. The third-order valence-corrected chi connectivity index (χ3v) is 5.45. The second kappa shape index (κ2) is 8.53. The molecule has 0 radical (unpaired) electrons. The van der Waals surface area contributed by atoms with Crippen molar-refractivity contribution in [3.63, 3.8) is 0 Å². The summed E-state index contributed by atoms with van der Waals surface area (Å²) < 4.78 is 1.04. The fourth-order valence-electron chi connectivity index (χ4n) is 2.59. The standard InChI is InChI=1S/C18H20BrN3OS/c19-15-4-6-16(7-5-15)24-13-18(23)21-12-14-3-8-17(20-11-14)22-9-1-2-10-22/h3-8,11H,1-2,9-10,12-13H2,(H,21,23). The monoisotopic (exact) mass is 405 g/mol. The zero-order valence-electron chi connectivity index (χ0n) is 13.4. The van der Waals surface area contributed by atoms with Crippen molar-refractivity contribution in [1.82, 2.24) is 10.3 Å². The molecule has 2 heterocycles. The highest BCUT2D eigenvalue weighted by Gasteiger charge is 2.13. The molecule has 1 aliphatic rings. The Morgan fingerprint density at radius 1 is 1.17 bits per heavy atom. The Hall–Kier alpha value is -1.53. The Morgan fingerprint density at radius 2 is 1.92 bits per heavy atom. The molecule has 0 saturated carbocycles. The first-order valence-corrected chi connectivity index (χ1v) is 9.83. The van der Waals surface area contributed by atoms with Gasteiger partial charge in [0.25, 0.3) is 0 Å². The first kappa shape index (κ1) is 17.3. The van der Waals surface area contributed by atoms with Gasteiger partial charge in [-0.15, -0.1) is 11.8 Å². The summed E-state index contributed by atoms with van der Waals surface area (Å²) in [7, 11) is 0. The van der Waals surface area contributed by atoms with Crippen molar-refractivity contribution in [1.29, 1.82) is 0 Å². The summed E-state index contributed by atoms with van der Waals surface area (Å²) in [5.74, 6) is 1.49. The van der Waals surface area contributed by atoms with Crippen LogP contribution in [-0.4, -0.2) is 29.7 Å². The quantitative estimate of drug-likeness (QED) is 0.741. The summed E-state index contributed by atoms with van der Waals surface area (Å²) in [5.41, 5.74) is 1.03. The van der Waals surface area contributed by atoms with E-state index < -0.39 is 0 Å². The van der Waals surface area contributed by atoms with Crippen molar-refractivity contribution in [2.45, 2.75) is 24.3 Å². The number of nitrogens with one attached hydrogen (secondary N) is 1. The molecule has 1 fully saturated rings. The molecule has 0 bridgehead atoms. The molecular formula is C18H20BrN3OS. The number of hydrogen-bond acceptors (Lipinski definition) is 4. The van der Waals surface area contributed by atoms with Crippen LogP contribution in [0.5, 0.6) is 0 Å².